The van der Waals surface area contributed by atoms with E-state index in [1.807, 2.05) is 48.7 Å². The highest BCUT2D eigenvalue weighted by molar-refractivity contribution is 5.83. The number of aromatic nitrogens is 1. The fraction of sp³-hybridized carbons (Fsp3) is 0.333. The fourth-order valence-corrected chi connectivity index (χ4v) is 4.19. The van der Waals surface area contributed by atoms with E-state index in [9.17, 15) is 9.59 Å². The van der Waals surface area contributed by atoms with Crippen molar-refractivity contribution in [2.75, 3.05) is 19.6 Å². The van der Waals surface area contributed by atoms with Gasteiger partial charge in [-0.1, -0.05) is 55.5 Å². The van der Waals surface area contributed by atoms with Gasteiger partial charge in [0.25, 0.3) is 0 Å². The average Bonchev–Trinajstić information content (AvgIpc) is 3.43. The quantitative estimate of drug-likeness (QED) is 0.601. The lowest BCUT2D eigenvalue weighted by molar-refractivity contribution is -0.117. The molecule has 2 aromatic carbocycles. The van der Waals surface area contributed by atoms with Crippen LogP contribution in [-0.4, -0.2) is 53.0 Å². The number of ether oxygens (including phenoxy) is 1. The SMILES string of the molecule is CC(CN(C(=O)OCc1ccccc1)C1CCN(C=O)C1)c1c[nH]c2ccccc12. The number of rotatable bonds is 7. The van der Waals surface area contributed by atoms with E-state index in [1.54, 1.807) is 9.80 Å². The second kappa shape index (κ2) is 9.03. The van der Waals surface area contributed by atoms with Crippen molar-refractivity contribution < 1.29 is 14.3 Å². The van der Waals surface area contributed by atoms with Crippen LogP contribution < -0.4 is 0 Å². The number of nitrogens with zero attached hydrogens (tertiary/aromatic N) is 2. The molecule has 3 aromatic rings. The first kappa shape index (κ1) is 20.0. The molecule has 0 spiro atoms. The smallest absolute Gasteiger partial charge is 0.410 e. The maximum atomic E-state index is 13.1. The molecule has 1 aliphatic heterocycles. The molecule has 2 heterocycles. The van der Waals surface area contributed by atoms with Gasteiger partial charge in [0.1, 0.15) is 6.61 Å². The summed E-state index contributed by atoms with van der Waals surface area (Å²) in [5.41, 5.74) is 3.22. The van der Waals surface area contributed by atoms with Crippen molar-refractivity contribution in [3.8, 4) is 0 Å². The van der Waals surface area contributed by atoms with Crippen molar-refractivity contribution in [3.63, 3.8) is 0 Å². The first-order valence-corrected chi connectivity index (χ1v) is 10.4. The normalized spacial score (nSPS) is 17.1. The van der Waals surface area contributed by atoms with E-state index in [1.165, 1.54) is 10.9 Å². The van der Waals surface area contributed by atoms with E-state index in [2.05, 4.69) is 24.0 Å². The zero-order valence-corrected chi connectivity index (χ0v) is 17.2. The van der Waals surface area contributed by atoms with Crippen molar-refractivity contribution in [2.45, 2.75) is 31.9 Å². The zero-order chi connectivity index (χ0) is 20.9. The highest BCUT2D eigenvalue weighted by Crippen LogP contribution is 2.28. The van der Waals surface area contributed by atoms with Gasteiger partial charge in [-0.05, 0) is 23.6 Å². The molecular formula is C24H27N3O3. The number of hydrogen-bond acceptors (Lipinski definition) is 3. The van der Waals surface area contributed by atoms with Gasteiger partial charge in [-0.25, -0.2) is 4.79 Å². The third-order valence-corrected chi connectivity index (χ3v) is 5.85. The maximum absolute atomic E-state index is 13.1. The third kappa shape index (κ3) is 4.32. The summed E-state index contributed by atoms with van der Waals surface area (Å²) >= 11 is 0. The minimum Gasteiger partial charge on any atom is -0.445 e. The molecule has 1 fully saturated rings. The number of H-pyrrole nitrogens is 1. The van der Waals surface area contributed by atoms with E-state index in [-0.39, 0.29) is 24.7 Å². The number of para-hydroxylation sites is 1. The molecule has 2 amide bonds. The van der Waals surface area contributed by atoms with E-state index in [0.717, 1.165) is 23.9 Å². The van der Waals surface area contributed by atoms with Crippen LogP contribution in [0.1, 0.15) is 30.4 Å². The van der Waals surface area contributed by atoms with Gasteiger partial charge in [0.05, 0.1) is 6.04 Å². The first-order valence-electron chi connectivity index (χ1n) is 10.4. The highest BCUT2D eigenvalue weighted by atomic mass is 16.6. The number of carbonyl (C=O) groups excluding carboxylic acids is 2. The molecule has 30 heavy (non-hydrogen) atoms. The zero-order valence-electron chi connectivity index (χ0n) is 17.2. The van der Waals surface area contributed by atoms with Crippen molar-refractivity contribution >= 4 is 23.4 Å². The molecule has 4 rings (SSSR count). The van der Waals surface area contributed by atoms with Crippen LogP contribution in [0.4, 0.5) is 4.79 Å². The second-order valence-electron chi connectivity index (χ2n) is 7.93. The molecule has 1 N–H and O–H groups in total. The predicted molar refractivity (Wildman–Crippen MR) is 116 cm³/mol. The molecule has 1 saturated heterocycles. The van der Waals surface area contributed by atoms with E-state index < -0.39 is 0 Å². The Bertz CT molecular complexity index is 1000. The van der Waals surface area contributed by atoms with E-state index in [4.69, 9.17) is 4.74 Å². The molecule has 0 bridgehead atoms. The summed E-state index contributed by atoms with van der Waals surface area (Å²) < 4.78 is 5.65. The minimum atomic E-state index is -0.330. The number of likely N-dealkylation sites (tertiary alicyclic amines) is 1. The molecule has 6 heteroatoms. The van der Waals surface area contributed by atoms with E-state index in [0.29, 0.717) is 19.6 Å². The molecule has 0 aliphatic carbocycles. The predicted octanol–water partition coefficient (Wildman–Crippen LogP) is 4.14. The summed E-state index contributed by atoms with van der Waals surface area (Å²) in [6.45, 7) is 4.11. The Hall–Kier alpha value is -3.28. The molecule has 2 unspecified atom stereocenters. The molecule has 1 aromatic heterocycles. The highest BCUT2D eigenvalue weighted by Gasteiger charge is 2.32. The molecule has 1 aliphatic rings. The molecule has 0 radical (unpaired) electrons. The molecular weight excluding hydrogens is 378 g/mol. The molecule has 156 valence electrons. The lowest BCUT2D eigenvalue weighted by Gasteiger charge is -2.30. The Balaban J connectivity index is 1.50. The third-order valence-electron chi connectivity index (χ3n) is 5.85. The molecule has 6 nitrogen and oxygen atoms in total. The fourth-order valence-electron chi connectivity index (χ4n) is 4.19. The van der Waals surface area contributed by atoms with E-state index >= 15 is 0 Å². The van der Waals surface area contributed by atoms with Gasteiger partial charge in [0, 0.05) is 42.7 Å². The van der Waals surface area contributed by atoms with Gasteiger partial charge >= 0.3 is 6.09 Å². The number of carbonyl (C=O) groups is 2. The number of aromatic amines is 1. The first-order chi connectivity index (χ1) is 14.7. The molecule has 0 saturated carbocycles. The van der Waals surface area contributed by atoms with Crippen LogP contribution in [0.25, 0.3) is 10.9 Å². The van der Waals surface area contributed by atoms with Crippen molar-refractivity contribution in [1.29, 1.82) is 0 Å². The Kier molecular flexibility index (Phi) is 6.02. The van der Waals surface area contributed by atoms with Crippen LogP contribution in [0.3, 0.4) is 0 Å². The van der Waals surface area contributed by atoms with Crippen LogP contribution in [0.5, 0.6) is 0 Å². The summed E-state index contributed by atoms with van der Waals surface area (Å²) in [5.74, 6) is 0.121. The summed E-state index contributed by atoms with van der Waals surface area (Å²) in [4.78, 5) is 31.1. The summed E-state index contributed by atoms with van der Waals surface area (Å²) in [5, 5.41) is 1.17. The van der Waals surface area contributed by atoms with Crippen molar-refractivity contribution in [1.82, 2.24) is 14.8 Å². The lowest BCUT2D eigenvalue weighted by atomic mass is 9.99. The monoisotopic (exact) mass is 405 g/mol. The van der Waals surface area contributed by atoms with Crippen LogP contribution >= 0.6 is 0 Å². The minimum absolute atomic E-state index is 0.0360. The standard InChI is InChI=1S/C24H27N3O3/c1-18(22-13-25-23-10-6-5-9-21(22)23)14-27(20-11-12-26(15-20)17-28)24(29)30-16-19-7-3-2-4-8-19/h2-10,13,17-18,20,25H,11-12,14-16H2,1H3. The Morgan fingerprint density at radius 3 is 2.77 bits per heavy atom. The largest absolute Gasteiger partial charge is 0.445 e. The van der Waals surface area contributed by atoms with Gasteiger partial charge in [0.2, 0.25) is 6.41 Å². The number of hydrogen-bond donors (Lipinski definition) is 1. The summed E-state index contributed by atoms with van der Waals surface area (Å²) in [6, 6.07) is 17.8. The van der Waals surface area contributed by atoms with Crippen LogP contribution in [0.15, 0.2) is 60.8 Å². The Morgan fingerprint density at radius 1 is 1.23 bits per heavy atom. The summed E-state index contributed by atoms with van der Waals surface area (Å²) in [6.07, 6.45) is 3.31. The number of amides is 2. The summed E-state index contributed by atoms with van der Waals surface area (Å²) in [7, 11) is 0. The number of benzene rings is 2. The second-order valence-corrected chi connectivity index (χ2v) is 7.93. The van der Waals surface area contributed by atoms with Crippen molar-refractivity contribution in [2.24, 2.45) is 0 Å². The average molecular weight is 405 g/mol. The maximum Gasteiger partial charge on any atom is 0.410 e. The van der Waals surface area contributed by atoms with Gasteiger partial charge in [-0.15, -0.1) is 0 Å². The molecule has 2 atom stereocenters. The van der Waals surface area contributed by atoms with Gasteiger partial charge in [-0.2, -0.15) is 0 Å². The number of fused-ring (bicyclic) bond motifs is 1. The van der Waals surface area contributed by atoms with Crippen molar-refractivity contribution in [3.05, 3.63) is 71.9 Å². The Labute approximate surface area is 176 Å². The topological polar surface area (TPSA) is 65.6 Å². The van der Waals surface area contributed by atoms with Gasteiger partial charge in [-0.3, -0.25) is 4.79 Å². The van der Waals surface area contributed by atoms with Crippen LogP contribution in [-0.2, 0) is 16.1 Å². The van der Waals surface area contributed by atoms with Gasteiger partial charge in [0.15, 0.2) is 0 Å². The lowest BCUT2D eigenvalue weighted by Crippen LogP contribution is -2.44. The Morgan fingerprint density at radius 2 is 2.00 bits per heavy atom. The van der Waals surface area contributed by atoms with Gasteiger partial charge < -0.3 is 19.5 Å². The van der Waals surface area contributed by atoms with Crippen LogP contribution in [0, 0.1) is 0 Å². The van der Waals surface area contributed by atoms with Crippen LogP contribution in [0.2, 0.25) is 0 Å². The number of nitrogens with one attached hydrogen (secondary N) is 1.